The van der Waals surface area contributed by atoms with Gasteiger partial charge in [0.15, 0.2) is 0 Å². The molecular weight excluding hydrogens is 180 g/mol. The lowest BCUT2D eigenvalue weighted by Crippen LogP contribution is -2.25. The summed E-state index contributed by atoms with van der Waals surface area (Å²) in [6.45, 7) is 1.90. The summed E-state index contributed by atoms with van der Waals surface area (Å²) >= 11 is 0. The number of nitrogens with zero attached hydrogens (tertiary/aromatic N) is 2. The normalized spacial score (nSPS) is 22.1. The van der Waals surface area contributed by atoms with Crippen LogP contribution in [0.25, 0.3) is 5.65 Å². The zero-order chi connectivity index (χ0) is 9.54. The highest BCUT2D eigenvalue weighted by molar-refractivity contribution is 5.35. The van der Waals surface area contributed by atoms with Crippen LogP contribution in [0.4, 0.5) is 0 Å². The maximum atomic E-state index is 11.9. The molecule has 0 bridgehead atoms. The second-order valence-corrected chi connectivity index (χ2v) is 3.68. The second kappa shape index (κ2) is 2.75. The average Bonchev–Trinajstić information content (AvgIpc) is 2.84. The standard InChI is InChI=1S/C9H12N4O/c14-9-12-4-3-11-8(12)6-13(9)7-1-2-10-5-7/h3-4,6-7,10-11H,1-2,5H2. The van der Waals surface area contributed by atoms with Crippen molar-refractivity contribution in [3.8, 4) is 0 Å². The lowest BCUT2D eigenvalue weighted by atomic mass is 10.3. The lowest BCUT2D eigenvalue weighted by Gasteiger charge is -2.07. The van der Waals surface area contributed by atoms with Gasteiger partial charge in [0, 0.05) is 18.9 Å². The molecule has 1 atom stereocenters. The first kappa shape index (κ1) is 7.87. The number of rotatable bonds is 1. The van der Waals surface area contributed by atoms with E-state index < -0.39 is 0 Å². The Labute approximate surface area is 80.4 Å². The van der Waals surface area contributed by atoms with Crippen LogP contribution in [-0.4, -0.2) is 27.0 Å². The molecule has 0 spiro atoms. The van der Waals surface area contributed by atoms with Gasteiger partial charge in [-0.05, 0) is 13.0 Å². The summed E-state index contributed by atoms with van der Waals surface area (Å²) in [5.41, 5.74) is 0.914. The highest BCUT2D eigenvalue weighted by Crippen LogP contribution is 2.13. The maximum Gasteiger partial charge on any atom is 0.334 e. The van der Waals surface area contributed by atoms with E-state index in [0.29, 0.717) is 6.04 Å². The number of hydrogen-bond donors (Lipinski definition) is 2. The van der Waals surface area contributed by atoms with Crippen molar-refractivity contribution >= 4 is 5.65 Å². The number of aromatic amines is 1. The van der Waals surface area contributed by atoms with Gasteiger partial charge in [-0.25, -0.2) is 4.79 Å². The number of aromatic nitrogens is 3. The maximum absolute atomic E-state index is 11.9. The molecule has 2 aromatic heterocycles. The fraction of sp³-hybridized carbons (Fsp3) is 0.444. The van der Waals surface area contributed by atoms with E-state index in [1.165, 1.54) is 0 Å². The minimum Gasteiger partial charge on any atom is -0.345 e. The molecule has 5 nitrogen and oxygen atoms in total. The van der Waals surface area contributed by atoms with Crippen LogP contribution in [-0.2, 0) is 0 Å². The van der Waals surface area contributed by atoms with E-state index in [1.807, 2.05) is 10.8 Å². The molecule has 1 aliphatic rings. The molecule has 0 amide bonds. The Morgan fingerprint density at radius 2 is 2.43 bits per heavy atom. The van der Waals surface area contributed by atoms with E-state index in [4.69, 9.17) is 0 Å². The molecule has 14 heavy (non-hydrogen) atoms. The van der Waals surface area contributed by atoms with Crippen molar-refractivity contribution in [2.45, 2.75) is 12.5 Å². The molecule has 1 saturated heterocycles. The van der Waals surface area contributed by atoms with Gasteiger partial charge >= 0.3 is 5.69 Å². The van der Waals surface area contributed by atoms with Crippen LogP contribution < -0.4 is 11.0 Å². The average molecular weight is 192 g/mol. The van der Waals surface area contributed by atoms with Crippen molar-refractivity contribution in [3.63, 3.8) is 0 Å². The van der Waals surface area contributed by atoms with Crippen LogP contribution in [0, 0.1) is 0 Å². The molecule has 1 unspecified atom stereocenters. The molecule has 3 rings (SSSR count). The molecule has 74 valence electrons. The third kappa shape index (κ3) is 0.957. The fourth-order valence-electron chi connectivity index (χ4n) is 2.06. The van der Waals surface area contributed by atoms with Crippen molar-refractivity contribution < 1.29 is 0 Å². The van der Waals surface area contributed by atoms with E-state index in [9.17, 15) is 4.79 Å². The van der Waals surface area contributed by atoms with Crippen molar-refractivity contribution in [1.29, 1.82) is 0 Å². The Kier molecular flexibility index (Phi) is 1.55. The van der Waals surface area contributed by atoms with Gasteiger partial charge in [-0.3, -0.25) is 8.97 Å². The molecule has 1 aliphatic heterocycles. The van der Waals surface area contributed by atoms with Gasteiger partial charge < -0.3 is 10.3 Å². The van der Waals surface area contributed by atoms with E-state index >= 15 is 0 Å². The predicted molar refractivity (Wildman–Crippen MR) is 52.5 cm³/mol. The van der Waals surface area contributed by atoms with Crippen molar-refractivity contribution in [1.82, 2.24) is 19.3 Å². The summed E-state index contributed by atoms with van der Waals surface area (Å²) in [7, 11) is 0. The van der Waals surface area contributed by atoms with Crippen LogP contribution in [0.2, 0.25) is 0 Å². The molecule has 0 aliphatic carbocycles. The molecular formula is C9H12N4O. The first-order valence-corrected chi connectivity index (χ1v) is 4.83. The molecule has 2 aromatic rings. The Hall–Kier alpha value is -1.49. The van der Waals surface area contributed by atoms with E-state index in [1.54, 1.807) is 16.8 Å². The monoisotopic (exact) mass is 192 g/mol. The summed E-state index contributed by atoms with van der Waals surface area (Å²) in [5.74, 6) is 0. The van der Waals surface area contributed by atoms with E-state index in [-0.39, 0.29) is 5.69 Å². The highest BCUT2D eigenvalue weighted by atomic mass is 16.1. The molecule has 1 fully saturated rings. The number of imidazole rings is 2. The molecule has 3 heterocycles. The summed E-state index contributed by atoms with van der Waals surface area (Å²) in [6, 6.07) is 0.316. The van der Waals surface area contributed by atoms with Gasteiger partial charge in [0.1, 0.15) is 5.65 Å². The summed E-state index contributed by atoms with van der Waals surface area (Å²) < 4.78 is 3.45. The molecule has 5 heteroatoms. The van der Waals surface area contributed by atoms with E-state index in [2.05, 4.69) is 10.3 Å². The minimum absolute atomic E-state index is 0.0509. The Balaban J connectivity index is 2.16. The Morgan fingerprint density at radius 1 is 1.50 bits per heavy atom. The highest BCUT2D eigenvalue weighted by Gasteiger charge is 2.19. The third-order valence-electron chi connectivity index (χ3n) is 2.83. The summed E-state index contributed by atoms with van der Waals surface area (Å²) in [6.07, 6.45) is 6.46. The summed E-state index contributed by atoms with van der Waals surface area (Å²) in [5, 5.41) is 3.26. The number of fused-ring (bicyclic) bond motifs is 1. The zero-order valence-corrected chi connectivity index (χ0v) is 7.73. The van der Waals surface area contributed by atoms with Crippen LogP contribution >= 0.6 is 0 Å². The van der Waals surface area contributed by atoms with Crippen molar-refractivity contribution in [2.75, 3.05) is 13.1 Å². The number of hydrogen-bond acceptors (Lipinski definition) is 2. The molecule has 0 radical (unpaired) electrons. The van der Waals surface area contributed by atoms with Gasteiger partial charge in [-0.1, -0.05) is 0 Å². The Morgan fingerprint density at radius 3 is 3.14 bits per heavy atom. The third-order valence-corrected chi connectivity index (χ3v) is 2.83. The zero-order valence-electron chi connectivity index (χ0n) is 7.73. The molecule has 2 N–H and O–H groups in total. The van der Waals surface area contributed by atoms with Gasteiger partial charge in [-0.15, -0.1) is 0 Å². The smallest absolute Gasteiger partial charge is 0.334 e. The quantitative estimate of drug-likeness (QED) is 0.666. The van der Waals surface area contributed by atoms with Gasteiger partial charge in [0.05, 0.1) is 12.2 Å². The Bertz CT molecular complexity index is 500. The first-order chi connectivity index (χ1) is 6.86. The minimum atomic E-state index is 0.0509. The van der Waals surface area contributed by atoms with Crippen molar-refractivity contribution in [3.05, 3.63) is 29.1 Å². The lowest BCUT2D eigenvalue weighted by molar-refractivity contribution is 0.528. The van der Waals surface area contributed by atoms with Crippen LogP contribution in [0.1, 0.15) is 12.5 Å². The predicted octanol–water partition coefficient (Wildman–Crippen LogP) is -0.0365. The fourth-order valence-corrected chi connectivity index (χ4v) is 2.06. The van der Waals surface area contributed by atoms with Crippen molar-refractivity contribution in [2.24, 2.45) is 0 Å². The van der Waals surface area contributed by atoms with Crippen LogP contribution in [0.5, 0.6) is 0 Å². The molecule has 0 aromatic carbocycles. The number of H-pyrrole nitrogens is 1. The van der Waals surface area contributed by atoms with Crippen LogP contribution in [0.15, 0.2) is 23.4 Å². The largest absolute Gasteiger partial charge is 0.345 e. The first-order valence-electron chi connectivity index (χ1n) is 4.83. The number of nitrogens with one attached hydrogen (secondary N) is 2. The summed E-state index contributed by atoms with van der Waals surface area (Å²) in [4.78, 5) is 14.9. The van der Waals surface area contributed by atoms with Gasteiger partial charge in [0.25, 0.3) is 0 Å². The SMILES string of the molecule is O=c1n(C2CCNC2)cc2[nH]ccn12. The second-order valence-electron chi connectivity index (χ2n) is 3.68. The van der Waals surface area contributed by atoms with Crippen LogP contribution in [0.3, 0.4) is 0 Å². The topological polar surface area (TPSA) is 54.2 Å². The van der Waals surface area contributed by atoms with E-state index in [0.717, 1.165) is 25.2 Å². The van der Waals surface area contributed by atoms with Gasteiger partial charge in [-0.2, -0.15) is 0 Å². The van der Waals surface area contributed by atoms with Gasteiger partial charge in [0.2, 0.25) is 0 Å². The molecule has 0 saturated carbocycles.